The van der Waals surface area contributed by atoms with Gasteiger partial charge in [0.2, 0.25) is 0 Å². The predicted molar refractivity (Wildman–Crippen MR) is 57.3 cm³/mol. The first kappa shape index (κ1) is 12.3. The summed E-state index contributed by atoms with van der Waals surface area (Å²) in [5, 5.41) is 9.36. The zero-order chi connectivity index (χ0) is 10.3. The summed E-state index contributed by atoms with van der Waals surface area (Å²) in [5.74, 6) is 5.37. The smallest absolute Gasteiger partial charge is 0.115 e. The minimum Gasteiger partial charge on any atom is -0.380 e. The molecule has 0 aromatic heterocycles. The summed E-state index contributed by atoms with van der Waals surface area (Å²) in [6.45, 7) is 10.1. The van der Waals surface area contributed by atoms with Gasteiger partial charge in [0.1, 0.15) is 6.10 Å². The Hall–Kier alpha value is -0.740. The van der Waals surface area contributed by atoms with Crippen molar-refractivity contribution in [3.63, 3.8) is 0 Å². The number of rotatable bonds is 3. The largest absolute Gasteiger partial charge is 0.380 e. The van der Waals surface area contributed by atoms with Crippen LogP contribution in [-0.4, -0.2) is 11.2 Å². The van der Waals surface area contributed by atoms with Crippen LogP contribution in [0.4, 0.5) is 0 Å². The maximum Gasteiger partial charge on any atom is 0.115 e. The minimum atomic E-state index is -0.486. The summed E-state index contributed by atoms with van der Waals surface area (Å²) in [6, 6.07) is 0. The molecule has 0 aromatic rings. The Labute approximate surface area is 81.9 Å². The van der Waals surface area contributed by atoms with Crippen molar-refractivity contribution < 1.29 is 5.11 Å². The summed E-state index contributed by atoms with van der Waals surface area (Å²) in [5.41, 5.74) is 0.353. The van der Waals surface area contributed by atoms with Gasteiger partial charge in [-0.2, -0.15) is 0 Å². The molecule has 0 aliphatic rings. The Kier molecular flexibility index (Phi) is 5.50. The molecule has 0 saturated heterocycles. The Bertz CT molecular complexity index is 199. The number of hydrogen-bond donors (Lipinski definition) is 1. The van der Waals surface area contributed by atoms with E-state index in [9.17, 15) is 5.11 Å². The monoisotopic (exact) mass is 180 g/mol. The Morgan fingerprint density at radius 3 is 2.54 bits per heavy atom. The van der Waals surface area contributed by atoms with Gasteiger partial charge in [-0.1, -0.05) is 39.2 Å². The van der Waals surface area contributed by atoms with Crippen molar-refractivity contribution in [1.82, 2.24) is 0 Å². The van der Waals surface area contributed by atoms with E-state index in [1.165, 1.54) is 6.08 Å². The fourth-order valence-corrected chi connectivity index (χ4v) is 1.05. The molecule has 74 valence electrons. The molecule has 13 heavy (non-hydrogen) atoms. The Morgan fingerprint density at radius 2 is 2.08 bits per heavy atom. The molecule has 0 aliphatic heterocycles. The van der Waals surface area contributed by atoms with Crippen molar-refractivity contribution in [2.45, 2.75) is 46.1 Å². The van der Waals surface area contributed by atoms with Crippen molar-refractivity contribution in [3.8, 4) is 11.8 Å². The van der Waals surface area contributed by atoms with Crippen LogP contribution in [0.1, 0.15) is 40.0 Å². The number of allylic oxidation sites excluding steroid dienone is 1. The summed E-state index contributed by atoms with van der Waals surface area (Å²) in [6.07, 6.45) is 3.93. The fraction of sp³-hybridized carbons (Fsp3) is 0.667. The predicted octanol–water partition coefficient (Wildman–Crippen LogP) is 2.75. The molecule has 1 N–H and O–H groups in total. The maximum atomic E-state index is 9.36. The number of aliphatic hydroxyl groups is 1. The number of hydrogen-bond acceptors (Lipinski definition) is 1. The van der Waals surface area contributed by atoms with Crippen LogP contribution < -0.4 is 0 Å². The molecule has 1 atom stereocenters. The third-order valence-electron chi connectivity index (χ3n) is 1.76. The molecule has 0 spiro atoms. The average molecular weight is 180 g/mol. The summed E-state index contributed by atoms with van der Waals surface area (Å²) in [4.78, 5) is 0. The first-order valence-electron chi connectivity index (χ1n) is 4.76. The highest BCUT2D eigenvalue weighted by Gasteiger charge is 2.10. The van der Waals surface area contributed by atoms with E-state index < -0.39 is 6.10 Å². The standard InChI is InChI=1S/C12H20O/c1-5-6-8-11(13)9-7-10-12(2,3)4/h5,11,13H,1,7,9-10H2,2-4H3. The second-order valence-electron chi connectivity index (χ2n) is 4.46. The van der Waals surface area contributed by atoms with Gasteiger partial charge in [0.15, 0.2) is 0 Å². The molecule has 0 amide bonds. The van der Waals surface area contributed by atoms with Crippen LogP contribution in [0.25, 0.3) is 0 Å². The van der Waals surface area contributed by atoms with Gasteiger partial charge in [-0.25, -0.2) is 0 Å². The van der Waals surface area contributed by atoms with Gasteiger partial charge in [0, 0.05) is 0 Å². The van der Waals surface area contributed by atoms with Crippen LogP contribution in [0.15, 0.2) is 12.7 Å². The van der Waals surface area contributed by atoms with E-state index in [-0.39, 0.29) is 0 Å². The molecule has 0 aliphatic carbocycles. The molecule has 0 heterocycles. The highest BCUT2D eigenvalue weighted by molar-refractivity contribution is 5.14. The highest BCUT2D eigenvalue weighted by Crippen LogP contribution is 2.21. The SMILES string of the molecule is C=CC#CC(O)CCCC(C)(C)C. The van der Waals surface area contributed by atoms with Crippen molar-refractivity contribution >= 4 is 0 Å². The summed E-state index contributed by atoms with van der Waals surface area (Å²) < 4.78 is 0. The molecule has 1 unspecified atom stereocenters. The lowest BCUT2D eigenvalue weighted by Crippen LogP contribution is -2.08. The van der Waals surface area contributed by atoms with Gasteiger partial charge in [-0.3, -0.25) is 0 Å². The lowest BCUT2D eigenvalue weighted by atomic mass is 9.89. The van der Waals surface area contributed by atoms with Gasteiger partial charge < -0.3 is 5.11 Å². The molecule has 0 rings (SSSR count). The van der Waals surface area contributed by atoms with Gasteiger partial charge in [-0.15, -0.1) is 0 Å². The molecule has 0 fully saturated rings. The first-order valence-corrected chi connectivity index (χ1v) is 4.76. The molecular weight excluding hydrogens is 160 g/mol. The molecule has 0 saturated carbocycles. The third-order valence-corrected chi connectivity index (χ3v) is 1.76. The van der Waals surface area contributed by atoms with E-state index in [1.807, 2.05) is 0 Å². The second-order valence-corrected chi connectivity index (χ2v) is 4.46. The molecule has 1 nitrogen and oxygen atoms in total. The zero-order valence-electron chi connectivity index (χ0n) is 8.93. The topological polar surface area (TPSA) is 20.2 Å². The number of aliphatic hydroxyl groups excluding tert-OH is 1. The van der Waals surface area contributed by atoms with Crippen molar-refractivity contribution in [1.29, 1.82) is 0 Å². The molecular formula is C12H20O. The normalized spacial score (nSPS) is 12.9. The van der Waals surface area contributed by atoms with Crippen molar-refractivity contribution in [2.24, 2.45) is 5.41 Å². The van der Waals surface area contributed by atoms with Crippen LogP contribution >= 0.6 is 0 Å². The van der Waals surface area contributed by atoms with Gasteiger partial charge in [0.25, 0.3) is 0 Å². The minimum absolute atomic E-state index is 0.353. The van der Waals surface area contributed by atoms with Crippen LogP contribution in [0, 0.1) is 17.3 Å². The zero-order valence-corrected chi connectivity index (χ0v) is 8.93. The van der Waals surface area contributed by atoms with E-state index in [2.05, 4.69) is 39.2 Å². The maximum absolute atomic E-state index is 9.36. The van der Waals surface area contributed by atoms with E-state index in [0.717, 1.165) is 19.3 Å². The van der Waals surface area contributed by atoms with Gasteiger partial charge in [0.05, 0.1) is 0 Å². The summed E-state index contributed by atoms with van der Waals surface area (Å²) in [7, 11) is 0. The first-order chi connectivity index (χ1) is 5.95. The second kappa shape index (κ2) is 5.83. The molecule has 1 heteroatoms. The van der Waals surface area contributed by atoms with E-state index in [4.69, 9.17) is 0 Å². The van der Waals surface area contributed by atoms with Crippen LogP contribution in [-0.2, 0) is 0 Å². The van der Waals surface area contributed by atoms with Gasteiger partial charge in [-0.05, 0) is 30.8 Å². The van der Waals surface area contributed by atoms with E-state index in [1.54, 1.807) is 0 Å². The lowest BCUT2D eigenvalue weighted by molar-refractivity contribution is 0.209. The quantitative estimate of drug-likeness (QED) is 0.662. The van der Waals surface area contributed by atoms with Gasteiger partial charge >= 0.3 is 0 Å². The molecule has 0 bridgehead atoms. The van der Waals surface area contributed by atoms with Crippen LogP contribution in [0.2, 0.25) is 0 Å². The molecule has 0 aromatic carbocycles. The Morgan fingerprint density at radius 1 is 1.46 bits per heavy atom. The highest BCUT2D eigenvalue weighted by atomic mass is 16.3. The average Bonchev–Trinajstić information content (AvgIpc) is 1.98. The van der Waals surface area contributed by atoms with Crippen LogP contribution in [0.3, 0.4) is 0 Å². The van der Waals surface area contributed by atoms with Crippen molar-refractivity contribution in [3.05, 3.63) is 12.7 Å². The fourth-order valence-electron chi connectivity index (χ4n) is 1.05. The van der Waals surface area contributed by atoms with E-state index >= 15 is 0 Å². The molecule has 0 radical (unpaired) electrons. The van der Waals surface area contributed by atoms with Crippen LogP contribution in [0.5, 0.6) is 0 Å². The Balaban J connectivity index is 3.59. The third kappa shape index (κ3) is 9.17. The summed E-state index contributed by atoms with van der Waals surface area (Å²) >= 11 is 0. The lowest BCUT2D eigenvalue weighted by Gasteiger charge is -2.17. The van der Waals surface area contributed by atoms with E-state index in [0.29, 0.717) is 5.41 Å². The van der Waals surface area contributed by atoms with Crippen molar-refractivity contribution in [2.75, 3.05) is 0 Å².